The topological polar surface area (TPSA) is 12.0 Å². The number of unbranched alkanes of at least 4 members (excludes halogenated alkanes) is 3. The van der Waals surface area contributed by atoms with Gasteiger partial charge < -0.3 is 5.32 Å². The minimum absolute atomic E-state index is 0.488. The fraction of sp³-hybridized carbons (Fsp3) is 0.700. The molecule has 1 atom stereocenters. The van der Waals surface area contributed by atoms with Crippen molar-refractivity contribution in [3.63, 3.8) is 0 Å². The van der Waals surface area contributed by atoms with Gasteiger partial charge in [-0.3, -0.25) is 0 Å². The molecule has 0 aliphatic carbocycles. The Morgan fingerprint density at radius 1 is 1.05 bits per heavy atom. The molecule has 1 rings (SSSR count). The standard InChI is InChI=1S/C20H35N/c1-5-6-7-11-14-20(3,4)15-18(2)16-21-17-19-12-9-8-10-13-19/h8-10,12-13,18,21H,5-7,11,14-17H2,1-4H3. The molecule has 1 aromatic rings. The molecule has 0 fully saturated rings. The van der Waals surface area contributed by atoms with Gasteiger partial charge in [0.15, 0.2) is 0 Å². The summed E-state index contributed by atoms with van der Waals surface area (Å²) in [6.07, 6.45) is 8.22. The summed E-state index contributed by atoms with van der Waals surface area (Å²) in [6.45, 7) is 11.6. The molecule has 0 aliphatic rings. The minimum Gasteiger partial charge on any atom is -0.312 e. The third-order valence-corrected chi connectivity index (χ3v) is 4.27. The van der Waals surface area contributed by atoms with E-state index in [2.05, 4.69) is 63.3 Å². The Hall–Kier alpha value is -0.820. The third-order valence-electron chi connectivity index (χ3n) is 4.27. The second-order valence-corrected chi connectivity index (χ2v) is 7.40. The quantitative estimate of drug-likeness (QED) is 0.508. The average molecular weight is 290 g/mol. The predicted molar refractivity (Wildman–Crippen MR) is 94.5 cm³/mol. The lowest BCUT2D eigenvalue weighted by molar-refractivity contribution is 0.244. The average Bonchev–Trinajstić information content (AvgIpc) is 2.44. The summed E-state index contributed by atoms with van der Waals surface area (Å²) in [4.78, 5) is 0. The van der Waals surface area contributed by atoms with E-state index in [1.165, 1.54) is 44.1 Å². The van der Waals surface area contributed by atoms with Crippen LogP contribution in [0.1, 0.15) is 71.8 Å². The van der Waals surface area contributed by atoms with E-state index in [9.17, 15) is 0 Å². The Morgan fingerprint density at radius 2 is 1.76 bits per heavy atom. The maximum atomic E-state index is 3.60. The van der Waals surface area contributed by atoms with E-state index >= 15 is 0 Å². The summed E-state index contributed by atoms with van der Waals surface area (Å²) >= 11 is 0. The lowest BCUT2D eigenvalue weighted by atomic mass is 9.79. The minimum atomic E-state index is 0.488. The molecule has 120 valence electrons. The Morgan fingerprint density at radius 3 is 2.43 bits per heavy atom. The molecule has 0 saturated carbocycles. The van der Waals surface area contributed by atoms with Crippen molar-refractivity contribution in [3.8, 4) is 0 Å². The van der Waals surface area contributed by atoms with Crippen molar-refractivity contribution in [1.29, 1.82) is 0 Å². The van der Waals surface area contributed by atoms with Gasteiger partial charge in [0.05, 0.1) is 0 Å². The lowest BCUT2D eigenvalue weighted by Crippen LogP contribution is -2.25. The second-order valence-electron chi connectivity index (χ2n) is 7.40. The maximum absolute atomic E-state index is 3.60. The first-order chi connectivity index (χ1) is 10.0. The van der Waals surface area contributed by atoms with E-state index in [4.69, 9.17) is 0 Å². The molecule has 0 amide bonds. The van der Waals surface area contributed by atoms with Crippen LogP contribution in [0, 0.1) is 11.3 Å². The molecular formula is C20H35N. The van der Waals surface area contributed by atoms with Gasteiger partial charge in [-0.15, -0.1) is 0 Å². The lowest BCUT2D eigenvalue weighted by Gasteiger charge is -2.28. The number of rotatable bonds is 11. The van der Waals surface area contributed by atoms with E-state index in [0.29, 0.717) is 5.41 Å². The normalized spacial score (nSPS) is 13.3. The van der Waals surface area contributed by atoms with E-state index in [1.54, 1.807) is 0 Å². The van der Waals surface area contributed by atoms with Crippen LogP contribution in [0.2, 0.25) is 0 Å². The van der Waals surface area contributed by atoms with Gasteiger partial charge in [0, 0.05) is 6.54 Å². The molecule has 0 radical (unpaired) electrons. The first kappa shape index (κ1) is 18.2. The molecule has 0 heterocycles. The SMILES string of the molecule is CCCCCCC(C)(C)CC(C)CNCc1ccccc1. The Kier molecular flexibility index (Phi) is 8.68. The van der Waals surface area contributed by atoms with Gasteiger partial charge in [0.1, 0.15) is 0 Å². The van der Waals surface area contributed by atoms with Gasteiger partial charge in [-0.25, -0.2) is 0 Å². The van der Waals surface area contributed by atoms with Crippen molar-refractivity contribution in [2.24, 2.45) is 11.3 Å². The number of hydrogen-bond acceptors (Lipinski definition) is 1. The predicted octanol–water partition coefficient (Wildman–Crippen LogP) is 5.80. The van der Waals surface area contributed by atoms with E-state index < -0.39 is 0 Å². The number of benzene rings is 1. The number of hydrogen-bond donors (Lipinski definition) is 1. The zero-order valence-corrected chi connectivity index (χ0v) is 14.6. The van der Waals surface area contributed by atoms with Crippen molar-refractivity contribution in [2.75, 3.05) is 6.54 Å². The molecule has 0 spiro atoms. The van der Waals surface area contributed by atoms with Crippen LogP contribution in [0.4, 0.5) is 0 Å². The van der Waals surface area contributed by atoms with Gasteiger partial charge in [-0.05, 0) is 36.3 Å². The Bertz CT molecular complexity index is 355. The van der Waals surface area contributed by atoms with E-state index in [-0.39, 0.29) is 0 Å². The van der Waals surface area contributed by atoms with Crippen LogP contribution in [0.25, 0.3) is 0 Å². The molecule has 0 saturated heterocycles. The monoisotopic (exact) mass is 289 g/mol. The maximum Gasteiger partial charge on any atom is 0.0205 e. The fourth-order valence-corrected chi connectivity index (χ4v) is 3.21. The molecular weight excluding hydrogens is 254 g/mol. The second kappa shape index (κ2) is 10.00. The molecule has 1 heteroatoms. The molecule has 0 aromatic heterocycles. The Labute approximate surface area is 132 Å². The van der Waals surface area contributed by atoms with Crippen molar-refractivity contribution in [1.82, 2.24) is 5.32 Å². The summed E-state index contributed by atoms with van der Waals surface area (Å²) in [5.41, 5.74) is 1.87. The van der Waals surface area contributed by atoms with Gasteiger partial charge >= 0.3 is 0 Å². The first-order valence-corrected chi connectivity index (χ1v) is 8.78. The summed E-state index contributed by atoms with van der Waals surface area (Å²) in [6, 6.07) is 10.7. The highest BCUT2D eigenvalue weighted by Gasteiger charge is 2.20. The highest BCUT2D eigenvalue weighted by Crippen LogP contribution is 2.31. The van der Waals surface area contributed by atoms with Crippen molar-refractivity contribution in [3.05, 3.63) is 35.9 Å². The third kappa shape index (κ3) is 8.93. The van der Waals surface area contributed by atoms with Gasteiger partial charge in [0.2, 0.25) is 0 Å². The summed E-state index contributed by atoms with van der Waals surface area (Å²) in [5, 5.41) is 3.60. The number of nitrogens with one attached hydrogen (secondary N) is 1. The zero-order chi connectivity index (χ0) is 15.6. The van der Waals surface area contributed by atoms with Crippen LogP contribution in [0.3, 0.4) is 0 Å². The Balaban J connectivity index is 2.17. The van der Waals surface area contributed by atoms with Gasteiger partial charge in [0.25, 0.3) is 0 Å². The van der Waals surface area contributed by atoms with E-state index in [0.717, 1.165) is 19.0 Å². The highest BCUT2D eigenvalue weighted by atomic mass is 14.9. The molecule has 1 nitrogen and oxygen atoms in total. The summed E-state index contributed by atoms with van der Waals surface area (Å²) in [7, 11) is 0. The van der Waals surface area contributed by atoms with Crippen LogP contribution < -0.4 is 5.32 Å². The summed E-state index contributed by atoms with van der Waals surface area (Å²) in [5.74, 6) is 0.745. The van der Waals surface area contributed by atoms with Crippen molar-refractivity contribution >= 4 is 0 Å². The molecule has 0 aliphatic heterocycles. The van der Waals surface area contributed by atoms with Crippen LogP contribution in [0.5, 0.6) is 0 Å². The first-order valence-electron chi connectivity index (χ1n) is 8.78. The molecule has 1 unspecified atom stereocenters. The fourth-order valence-electron chi connectivity index (χ4n) is 3.21. The van der Waals surface area contributed by atoms with Crippen molar-refractivity contribution < 1.29 is 0 Å². The highest BCUT2D eigenvalue weighted by molar-refractivity contribution is 5.14. The largest absolute Gasteiger partial charge is 0.312 e. The molecule has 1 aromatic carbocycles. The smallest absolute Gasteiger partial charge is 0.0205 e. The van der Waals surface area contributed by atoms with Crippen LogP contribution >= 0.6 is 0 Å². The van der Waals surface area contributed by atoms with Crippen LogP contribution in [-0.4, -0.2) is 6.54 Å². The molecule has 21 heavy (non-hydrogen) atoms. The van der Waals surface area contributed by atoms with Crippen molar-refractivity contribution in [2.45, 2.75) is 72.8 Å². The molecule has 0 bridgehead atoms. The van der Waals surface area contributed by atoms with Gasteiger partial charge in [-0.1, -0.05) is 83.7 Å². The van der Waals surface area contributed by atoms with Gasteiger partial charge in [-0.2, -0.15) is 0 Å². The summed E-state index contributed by atoms with van der Waals surface area (Å²) < 4.78 is 0. The van der Waals surface area contributed by atoms with Crippen LogP contribution in [-0.2, 0) is 6.54 Å². The van der Waals surface area contributed by atoms with Crippen LogP contribution in [0.15, 0.2) is 30.3 Å². The molecule has 1 N–H and O–H groups in total. The van der Waals surface area contributed by atoms with E-state index in [1.807, 2.05) is 0 Å². The zero-order valence-electron chi connectivity index (χ0n) is 14.6.